The Balaban J connectivity index is 2.21. The van der Waals surface area contributed by atoms with Crippen LogP contribution in [0.15, 0.2) is 29.6 Å². The zero-order chi connectivity index (χ0) is 14.5. The molecule has 1 heterocycles. The van der Waals surface area contributed by atoms with Crippen molar-refractivity contribution in [3.63, 3.8) is 0 Å². The maximum Gasteiger partial charge on any atom is 0.0656 e. The number of hydrogen-bond donors (Lipinski definition) is 1. The van der Waals surface area contributed by atoms with E-state index in [1.165, 1.54) is 8.45 Å². The summed E-state index contributed by atoms with van der Waals surface area (Å²) in [7, 11) is 0. The molecule has 0 amide bonds. The Hall–Kier alpha value is 0.190. The van der Waals surface area contributed by atoms with Crippen molar-refractivity contribution in [2.45, 2.75) is 25.8 Å². The van der Waals surface area contributed by atoms with E-state index in [1.54, 1.807) is 11.3 Å². The highest BCUT2D eigenvalue weighted by Gasteiger charge is 2.15. The number of hydrogen-bond acceptors (Lipinski definition) is 2. The Morgan fingerprint density at radius 3 is 2.75 bits per heavy atom. The standard InChI is InChI=1S/C15H16Cl2INS/c1-2-5-19-14(11-8-15(18)20-9-11)7-10-6-12(16)3-4-13(10)17/h3-4,6,8-9,14,19H,2,5,7H2,1H3. The van der Waals surface area contributed by atoms with E-state index in [1.807, 2.05) is 18.2 Å². The van der Waals surface area contributed by atoms with Crippen LogP contribution in [0.2, 0.25) is 10.0 Å². The van der Waals surface area contributed by atoms with E-state index in [4.69, 9.17) is 23.2 Å². The molecule has 0 bridgehead atoms. The van der Waals surface area contributed by atoms with Gasteiger partial charge in [0.05, 0.1) is 2.88 Å². The minimum absolute atomic E-state index is 0.283. The van der Waals surface area contributed by atoms with Gasteiger partial charge in [-0.15, -0.1) is 11.3 Å². The minimum Gasteiger partial charge on any atom is -0.310 e. The van der Waals surface area contributed by atoms with Gasteiger partial charge in [0.15, 0.2) is 0 Å². The smallest absolute Gasteiger partial charge is 0.0656 e. The summed E-state index contributed by atoms with van der Waals surface area (Å²) in [6.45, 7) is 3.17. The molecule has 1 nitrogen and oxygen atoms in total. The topological polar surface area (TPSA) is 12.0 Å². The van der Waals surface area contributed by atoms with Crippen molar-refractivity contribution in [1.82, 2.24) is 5.32 Å². The number of rotatable bonds is 6. The predicted octanol–water partition coefficient (Wildman–Crippen LogP) is 5.94. The summed E-state index contributed by atoms with van der Waals surface area (Å²) < 4.78 is 1.30. The second-order valence-corrected chi connectivity index (χ2v) is 8.28. The maximum absolute atomic E-state index is 6.28. The van der Waals surface area contributed by atoms with Crippen molar-refractivity contribution in [2.75, 3.05) is 6.54 Å². The van der Waals surface area contributed by atoms with Crippen molar-refractivity contribution < 1.29 is 0 Å². The van der Waals surface area contributed by atoms with E-state index >= 15 is 0 Å². The third kappa shape index (κ3) is 4.60. The summed E-state index contributed by atoms with van der Waals surface area (Å²) in [5, 5.41) is 7.33. The number of halogens is 3. The van der Waals surface area contributed by atoms with Crippen molar-refractivity contribution in [1.29, 1.82) is 0 Å². The fourth-order valence-electron chi connectivity index (χ4n) is 2.05. The molecule has 1 unspecified atom stereocenters. The van der Waals surface area contributed by atoms with Crippen molar-refractivity contribution in [3.8, 4) is 0 Å². The Morgan fingerprint density at radius 2 is 2.10 bits per heavy atom. The van der Waals surface area contributed by atoms with Crippen LogP contribution in [0.1, 0.15) is 30.5 Å². The Kier molecular flexibility index (Phi) is 6.62. The normalized spacial score (nSPS) is 12.6. The summed E-state index contributed by atoms with van der Waals surface area (Å²) >= 11 is 16.5. The third-order valence-electron chi connectivity index (χ3n) is 3.06. The second kappa shape index (κ2) is 7.99. The van der Waals surface area contributed by atoms with Crippen LogP contribution in [0.5, 0.6) is 0 Å². The molecule has 1 atom stereocenters. The number of nitrogens with one attached hydrogen (secondary N) is 1. The highest BCUT2D eigenvalue weighted by Crippen LogP contribution is 2.29. The molecule has 0 fully saturated rings. The Bertz CT molecular complexity index is 571. The van der Waals surface area contributed by atoms with Gasteiger partial charge in [-0.3, -0.25) is 0 Å². The molecule has 2 aromatic rings. The molecule has 0 aliphatic heterocycles. The van der Waals surface area contributed by atoms with E-state index in [-0.39, 0.29) is 6.04 Å². The largest absolute Gasteiger partial charge is 0.310 e. The van der Waals surface area contributed by atoms with Crippen molar-refractivity contribution >= 4 is 57.1 Å². The lowest BCUT2D eigenvalue weighted by molar-refractivity contribution is 0.530. The van der Waals surface area contributed by atoms with Crippen molar-refractivity contribution in [3.05, 3.63) is 53.7 Å². The average molecular weight is 440 g/mol. The van der Waals surface area contributed by atoms with E-state index < -0.39 is 0 Å². The molecule has 1 aromatic carbocycles. The summed E-state index contributed by atoms with van der Waals surface area (Å²) in [6.07, 6.45) is 1.97. The fraction of sp³-hybridized carbons (Fsp3) is 0.333. The lowest BCUT2D eigenvalue weighted by atomic mass is 10.0. The van der Waals surface area contributed by atoms with Gasteiger partial charge in [0.2, 0.25) is 0 Å². The summed E-state index contributed by atoms with van der Waals surface area (Å²) in [5.41, 5.74) is 2.41. The molecule has 2 rings (SSSR count). The number of benzene rings is 1. The zero-order valence-electron chi connectivity index (χ0n) is 11.1. The second-order valence-electron chi connectivity index (χ2n) is 4.63. The molecular weight excluding hydrogens is 424 g/mol. The van der Waals surface area contributed by atoms with Crippen molar-refractivity contribution in [2.24, 2.45) is 0 Å². The van der Waals surface area contributed by atoms with Gasteiger partial charge >= 0.3 is 0 Å². The lowest BCUT2D eigenvalue weighted by Gasteiger charge is -2.18. The third-order valence-corrected chi connectivity index (χ3v) is 5.47. The number of thiophene rings is 1. The average Bonchev–Trinajstić information content (AvgIpc) is 2.85. The summed E-state index contributed by atoms with van der Waals surface area (Å²) in [6, 6.07) is 8.17. The van der Waals surface area contributed by atoms with Gasteiger partial charge in [-0.05, 0) is 82.7 Å². The molecule has 0 aliphatic carbocycles. The van der Waals surface area contributed by atoms with Gasteiger partial charge in [-0.1, -0.05) is 30.1 Å². The molecule has 1 N–H and O–H groups in total. The summed E-state index contributed by atoms with van der Waals surface area (Å²) in [5.74, 6) is 0. The molecule has 20 heavy (non-hydrogen) atoms. The van der Waals surface area contributed by atoms with Gasteiger partial charge in [0.25, 0.3) is 0 Å². The van der Waals surface area contributed by atoms with Crippen LogP contribution >= 0.6 is 57.1 Å². The SMILES string of the molecule is CCCNC(Cc1cc(Cl)ccc1Cl)c1csc(I)c1. The van der Waals surface area contributed by atoms with E-state index in [0.29, 0.717) is 0 Å². The lowest BCUT2D eigenvalue weighted by Crippen LogP contribution is -2.23. The van der Waals surface area contributed by atoms with Crippen LogP contribution in [0.25, 0.3) is 0 Å². The molecule has 108 valence electrons. The Labute approximate surface area is 147 Å². The highest BCUT2D eigenvalue weighted by atomic mass is 127. The highest BCUT2D eigenvalue weighted by molar-refractivity contribution is 14.1. The van der Waals surface area contributed by atoms with Gasteiger partial charge in [0.1, 0.15) is 0 Å². The van der Waals surface area contributed by atoms with Gasteiger partial charge in [0, 0.05) is 16.1 Å². The van der Waals surface area contributed by atoms with Gasteiger partial charge < -0.3 is 5.32 Å². The first-order valence-corrected chi connectivity index (χ1v) is 9.22. The van der Waals surface area contributed by atoms with Gasteiger partial charge in [-0.25, -0.2) is 0 Å². The molecule has 0 aliphatic rings. The van der Waals surface area contributed by atoms with E-state index in [0.717, 1.165) is 35.0 Å². The van der Waals surface area contributed by atoms with Crippen LogP contribution in [0, 0.1) is 2.88 Å². The van der Waals surface area contributed by atoms with E-state index in [9.17, 15) is 0 Å². The van der Waals surface area contributed by atoms with Crippen LogP contribution < -0.4 is 5.32 Å². The summed E-state index contributed by atoms with van der Waals surface area (Å²) in [4.78, 5) is 0. The van der Waals surface area contributed by atoms with Crippen LogP contribution in [0.4, 0.5) is 0 Å². The molecule has 0 saturated carbocycles. The zero-order valence-corrected chi connectivity index (χ0v) is 15.6. The maximum atomic E-state index is 6.28. The molecule has 0 spiro atoms. The van der Waals surface area contributed by atoms with Crippen LogP contribution in [0.3, 0.4) is 0 Å². The molecule has 1 aromatic heterocycles. The predicted molar refractivity (Wildman–Crippen MR) is 98.2 cm³/mol. The first-order chi connectivity index (χ1) is 9.60. The Morgan fingerprint density at radius 1 is 1.30 bits per heavy atom. The molecule has 0 saturated heterocycles. The van der Waals surface area contributed by atoms with Gasteiger partial charge in [-0.2, -0.15) is 0 Å². The van der Waals surface area contributed by atoms with E-state index in [2.05, 4.69) is 46.3 Å². The molecule has 0 radical (unpaired) electrons. The molecule has 5 heteroatoms. The quantitative estimate of drug-likeness (QED) is 0.549. The van der Waals surface area contributed by atoms with Crippen LogP contribution in [-0.4, -0.2) is 6.54 Å². The van der Waals surface area contributed by atoms with Crippen LogP contribution in [-0.2, 0) is 6.42 Å². The minimum atomic E-state index is 0.283. The monoisotopic (exact) mass is 439 g/mol. The fourth-order valence-corrected chi connectivity index (χ4v) is 3.87. The first-order valence-electron chi connectivity index (χ1n) is 6.51. The molecular formula is C15H16Cl2INS. The first kappa shape index (κ1) is 16.6.